The Labute approximate surface area is 160 Å². The molecule has 0 saturated heterocycles. The lowest BCUT2D eigenvalue weighted by Gasteiger charge is -2.15. The number of esters is 1. The molecular formula is C22H27NO4. The van der Waals surface area contributed by atoms with E-state index in [1.165, 1.54) is 11.1 Å². The van der Waals surface area contributed by atoms with Crippen molar-refractivity contribution in [3.05, 3.63) is 64.7 Å². The van der Waals surface area contributed by atoms with E-state index in [1.807, 2.05) is 57.2 Å². The van der Waals surface area contributed by atoms with Crippen LogP contribution < -0.4 is 10.1 Å². The third kappa shape index (κ3) is 6.44. The van der Waals surface area contributed by atoms with Crippen molar-refractivity contribution in [3.63, 3.8) is 0 Å². The summed E-state index contributed by atoms with van der Waals surface area (Å²) in [5, 5.41) is 2.85. The van der Waals surface area contributed by atoms with E-state index in [0.717, 1.165) is 16.9 Å². The Kier molecular flexibility index (Phi) is 7.41. The van der Waals surface area contributed by atoms with E-state index in [4.69, 9.17) is 9.47 Å². The normalized spacial score (nSPS) is 11.6. The molecule has 0 aromatic heterocycles. The van der Waals surface area contributed by atoms with E-state index in [1.54, 1.807) is 7.11 Å². The second-order valence-corrected chi connectivity index (χ2v) is 6.64. The zero-order chi connectivity index (χ0) is 19.8. The van der Waals surface area contributed by atoms with Gasteiger partial charge in [-0.2, -0.15) is 0 Å². The second kappa shape index (κ2) is 9.76. The summed E-state index contributed by atoms with van der Waals surface area (Å²) in [6.07, 6.45) is 0.788. The highest BCUT2D eigenvalue weighted by Crippen LogP contribution is 2.16. The maximum Gasteiger partial charge on any atom is 0.306 e. The molecule has 2 rings (SSSR count). The quantitative estimate of drug-likeness (QED) is 0.721. The van der Waals surface area contributed by atoms with Gasteiger partial charge in [0.25, 0.3) is 5.91 Å². The smallest absolute Gasteiger partial charge is 0.306 e. The van der Waals surface area contributed by atoms with Crippen LogP contribution in [0.15, 0.2) is 42.5 Å². The summed E-state index contributed by atoms with van der Waals surface area (Å²) >= 11 is 0. The molecule has 0 aliphatic rings. The summed E-state index contributed by atoms with van der Waals surface area (Å²) in [6.45, 7) is 5.73. The van der Waals surface area contributed by atoms with Gasteiger partial charge in [-0.15, -0.1) is 0 Å². The van der Waals surface area contributed by atoms with Crippen LogP contribution in [0.1, 0.15) is 41.6 Å². The van der Waals surface area contributed by atoms with Crippen LogP contribution in [-0.2, 0) is 20.7 Å². The van der Waals surface area contributed by atoms with Crippen molar-refractivity contribution in [1.82, 2.24) is 5.32 Å². The van der Waals surface area contributed by atoms with Crippen LogP contribution in [0.2, 0.25) is 0 Å². The number of methoxy groups -OCH3 is 1. The molecule has 0 aliphatic carbocycles. The Hall–Kier alpha value is -2.82. The summed E-state index contributed by atoms with van der Waals surface area (Å²) in [5.74, 6) is 0.0780. The van der Waals surface area contributed by atoms with E-state index in [0.29, 0.717) is 6.42 Å². The SMILES string of the molecule is COc1ccc(CCC(=O)OCC(=O)N[C@@H](C)c2ccc(C)c(C)c2)cc1. The minimum Gasteiger partial charge on any atom is -0.497 e. The molecule has 0 heterocycles. The van der Waals surface area contributed by atoms with Gasteiger partial charge in [-0.1, -0.05) is 30.3 Å². The highest BCUT2D eigenvalue weighted by atomic mass is 16.5. The Bertz CT molecular complexity index is 783. The fourth-order valence-electron chi connectivity index (χ4n) is 2.66. The highest BCUT2D eigenvalue weighted by Gasteiger charge is 2.12. The van der Waals surface area contributed by atoms with E-state index in [9.17, 15) is 9.59 Å². The number of aryl methyl sites for hydroxylation is 3. The van der Waals surface area contributed by atoms with E-state index >= 15 is 0 Å². The Morgan fingerprint density at radius 1 is 1.04 bits per heavy atom. The number of amides is 1. The van der Waals surface area contributed by atoms with Crippen molar-refractivity contribution in [2.45, 2.75) is 39.7 Å². The van der Waals surface area contributed by atoms with E-state index in [-0.39, 0.29) is 30.9 Å². The van der Waals surface area contributed by atoms with Crippen LogP contribution in [0, 0.1) is 13.8 Å². The lowest BCUT2D eigenvalue weighted by Crippen LogP contribution is -2.31. The van der Waals surface area contributed by atoms with Gasteiger partial charge in [0.15, 0.2) is 6.61 Å². The molecule has 2 aromatic carbocycles. The molecule has 0 saturated carbocycles. The van der Waals surface area contributed by atoms with Crippen LogP contribution in [0.4, 0.5) is 0 Å². The van der Waals surface area contributed by atoms with Gasteiger partial charge in [-0.05, 0) is 61.6 Å². The summed E-state index contributed by atoms with van der Waals surface area (Å²) in [7, 11) is 1.61. The molecule has 0 bridgehead atoms. The minimum absolute atomic E-state index is 0.144. The van der Waals surface area contributed by atoms with Crippen molar-refractivity contribution in [2.75, 3.05) is 13.7 Å². The minimum atomic E-state index is -0.389. The van der Waals surface area contributed by atoms with E-state index in [2.05, 4.69) is 11.4 Å². The lowest BCUT2D eigenvalue weighted by atomic mass is 10.0. The standard InChI is InChI=1S/C22H27NO4/c1-15-5-9-19(13-16(15)2)17(3)23-21(24)14-27-22(25)12-8-18-6-10-20(26-4)11-7-18/h5-7,9-11,13,17H,8,12,14H2,1-4H3,(H,23,24)/t17-/m0/s1. The summed E-state index contributed by atoms with van der Waals surface area (Å²) in [4.78, 5) is 23.9. The number of benzene rings is 2. The molecular weight excluding hydrogens is 342 g/mol. The number of hydrogen-bond acceptors (Lipinski definition) is 4. The van der Waals surface area contributed by atoms with Crippen LogP contribution in [-0.4, -0.2) is 25.6 Å². The van der Waals surface area contributed by atoms with Crippen LogP contribution in [0.3, 0.4) is 0 Å². The van der Waals surface area contributed by atoms with Gasteiger partial charge in [-0.25, -0.2) is 0 Å². The average molecular weight is 369 g/mol. The number of carbonyl (C=O) groups is 2. The van der Waals surface area contributed by atoms with Gasteiger partial charge in [0.05, 0.1) is 13.2 Å². The van der Waals surface area contributed by atoms with Crippen molar-refractivity contribution < 1.29 is 19.1 Å². The van der Waals surface area contributed by atoms with Gasteiger partial charge >= 0.3 is 5.97 Å². The van der Waals surface area contributed by atoms with Crippen molar-refractivity contribution in [1.29, 1.82) is 0 Å². The number of rotatable bonds is 8. The molecule has 2 aromatic rings. The molecule has 0 unspecified atom stereocenters. The molecule has 5 heteroatoms. The van der Waals surface area contributed by atoms with Crippen LogP contribution in [0.25, 0.3) is 0 Å². The number of ether oxygens (including phenoxy) is 2. The topological polar surface area (TPSA) is 64.6 Å². The lowest BCUT2D eigenvalue weighted by molar-refractivity contribution is -0.148. The molecule has 144 valence electrons. The summed E-state index contributed by atoms with van der Waals surface area (Å²) in [6, 6.07) is 13.5. The maximum absolute atomic E-state index is 12.0. The zero-order valence-electron chi connectivity index (χ0n) is 16.4. The molecule has 0 spiro atoms. The number of carbonyl (C=O) groups excluding carboxylic acids is 2. The molecule has 0 fully saturated rings. The van der Waals surface area contributed by atoms with E-state index < -0.39 is 0 Å². The van der Waals surface area contributed by atoms with Crippen molar-refractivity contribution >= 4 is 11.9 Å². The first kappa shape index (κ1) is 20.5. The second-order valence-electron chi connectivity index (χ2n) is 6.64. The van der Waals surface area contributed by atoms with Crippen molar-refractivity contribution in [2.24, 2.45) is 0 Å². The maximum atomic E-state index is 12.0. The Balaban J connectivity index is 1.73. The molecule has 1 atom stereocenters. The molecule has 1 N–H and O–H groups in total. The molecule has 27 heavy (non-hydrogen) atoms. The zero-order valence-corrected chi connectivity index (χ0v) is 16.4. The first-order valence-electron chi connectivity index (χ1n) is 9.04. The van der Waals surface area contributed by atoms with Gasteiger partial charge in [0.2, 0.25) is 0 Å². The van der Waals surface area contributed by atoms with Crippen LogP contribution >= 0.6 is 0 Å². The first-order chi connectivity index (χ1) is 12.9. The molecule has 0 aliphatic heterocycles. The Morgan fingerprint density at radius 3 is 2.37 bits per heavy atom. The molecule has 5 nitrogen and oxygen atoms in total. The predicted octanol–water partition coefficient (Wildman–Crippen LogP) is 3.67. The predicted molar refractivity (Wildman–Crippen MR) is 105 cm³/mol. The van der Waals surface area contributed by atoms with Crippen molar-refractivity contribution in [3.8, 4) is 5.75 Å². The Morgan fingerprint density at radius 2 is 1.74 bits per heavy atom. The van der Waals surface area contributed by atoms with Gasteiger partial charge < -0.3 is 14.8 Å². The molecule has 1 amide bonds. The number of hydrogen-bond donors (Lipinski definition) is 1. The largest absolute Gasteiger partial charge is 0.497 e. The van der Waals surface area contributed by atoms with Crippen LogP contribution in [0.5, 0.6) is 5.75 Å². The third-order valence-corrected chi connectivity index (χ3v) is 4.55. The number of nitrogens with one attached hydrogen (secondary N) is 1. The summed E-state index contributed by atoms with van der Waals surface area (Å²) in [5.41, 5.74) is 4.43. The monoisotopic (exact) mass is 369 g/mol. The average Bonchev–Trinajstić information content (AvgIpc) is 2.67. The third-order valence-electron chi connectivity index (χ3n) is 4.55. The highest BCUT2D eigenvalue weighted by molar-refractivity contribution is 5.80. The van der Waals surface area contributed by atoms with Gasteiger partial charge in [-0.3, -0.25) is 9.59 Å². The van der Waals surface area contributed by atoms with Gasteiger partial charge in [0, 0.05) is 6.42 Å². The fourth-order valence-corrected chi connectivity index (χ4v) is 2.66. The first-order valence-corrected chi connectivity index (χ1v) is 9.04. The molecule has 0 radical (unpaired) electrons. The van der Waals surface area contributed by atoms with Gasteiger partial charge in [0.1, 0.15) is 5.75 Å². The summed E-state index contributed by atoms with van der Waals surface area (Å²) < 4.78 is 10.2. The fraction of sp³-hybridized carbons (Fsp3) is 0.364.